The summed E-state index contributed by atoms with van der Waals surface area (Å²) in [7, 11) is 0. The van der Waals surface area contributed by atoms with Crippen molar-refractivity contribution >= 4 is 39.2 Å². The first-order valence-electron chi connectivity index (χ1n) is 7.52. The van der Waals surface area contributed by atoms with Gasteiger partial charge in [-0.1, -0.05) is 28.1 Å². The van der Waals surface area contributed by atoms with Crippen molar-refractivity contribution in [1.29, 1.82) is 0 Å². The van der Waals surface area contributed by atoms with Gasteiger partial charge in [-0.3, -0.25) is 25.7 Å². The Bertz CT molecular complexity index is 1050. The maximum atomic E-state index is 11.1. The van der Waals surface area contributed by atoms with Crippen molar-refractivity contribution in [3.05, 3.63) is 85.1 Å². The number of hydrogen-bond acceptors (Lipinski definition) is 7. The van der Waals surface area contributed by atoms with Crippen molar-refractivity contribution in [2.75, 3.05) is 5.43 Å². The van der Waals surface area contributed by atoms with Crippen LogP contribution < -0.4 is 5.43 Å². The van der Waals surface area contributed by atoms with E-state index in [1.165, 1.54) is 12.3 Å². The number of benzene rings is 2. The van der Waals surface area contributed by atoms with Gasteiger partial charge in [-0.15, -0.1) is 0 Å². The van der Waals surface area contributed by atoms with Crippen LogP contribution in [0.5, 0.6) is 0 Å². The van der Waals surface area contributed by atoms with E-state index in [1.54, 1.807) is 12.1 Å². The Morgan fingerprint density at radius 1 is 1.04 bits per heavy atom. The van der Waals surface area contributed by atoms with Gasteiger partial charge in [0.1, 0.15) is 17.2 Å². The van der Waals surface area contributed by atoms with E-state index < -0.39 is 15.5 Å². The molecule has 0 bridgehead atoms. The summed E-state index contributed by atoms with van der Waals surface area (Å²) in [6.45, 7) is 0. The largest absolute Gasteiger partial charge is 0.455 e. The van der Waals surface area contributed by atoms with Crippen LogP contribution in [0.3, 0.4) is 0 Å². The average molecular weight is 431 g/mol. The van der Waals surface area contributed by atoms with Crippen LogP contribution in [0.2, 0.25) is 0 Å². The van der Waals surface area contributed by atoms with Crippen LogP contribution in [0.25, 0.3) is 11.3 Å². The van der Waals surface area contributed by atoms with Crippen LogP contribution in [0.15, 0.2) is 68.6 Å². The highest BCUT2D eigenvalue weighted by molar-refractivity contribution is 9.10. The highest BCUT2D eigenvalue weighted by Gasteiger charge is 2.19. The normalized spacial score (nSPS) is 10.9. The zero-order chi connectivity index (χ0) is 19.4. The van der Waals surface area contributed by atoms with Gasteiger partial charge in [0, 0.05) is 16.1 Å². The molecule has 0 saturated heterocycles. The molecule has 0 unspecified atom stereocenters. The third kappa shape index (κ3) is 4.36. The van der Waals surface area contributed by atoms with E-state index in [0.717, 1.165) is 22.2 Å². The van der Waals surface area contributed by atoms with E-state index in [9.17, 15) is 20.2 Å². The molecule has 27 heavy (non-hydrogen) atoms. The molecule has 0 aliphatic heterocycles. The lowest BCUT2D eigenvalue weighted by Gasteiger charge is -2.01. The molecule has 0 aliphatic carbocycles. The molecule has 1 heterocycles. The molecule has 0 spiro atoms. The average Bonchev–Trinajstić information content (AvgIpc) is 3.10. The lowest BCUT2D eigenvalue weighted by atomic mass is 10.2. The number of nitrogens with zero attached hydrogens (tertiary/aromatic N) is 3. The van der Waals surface area contributed by atoms with Gasteiger partial charge in [0.05, 0.1) is 22.1 Å². The molecule has 3 aromatic rings. The number of hydrazone groups is 1. The third-order valence-corrected chi connectivity index (χ3v) is 3.99. The smallest absolute Gasteiger partial charge is 0.301 e. The van der Waals surface area contributed by atoms with Crippen LogP contribution >= 0.6 is 15.9 Å². The molecule has 10 heteroatoms. The van der Waals surface area contributed by atoms with Crippen molar-refractivity contribution < 1.29 is 14.3 Å². The van der Waals surface area contributed by atoms with Gasteiger partial charge in [0.15, 0.2) is 0 Å². The summed E-state index contributed by atoms with van der Waals surface area (Å²) in [5.41, 5.74) is 2.59. The van der Waals surface area contributed by atoms with Crippen LogP contribution in [0.1, 0.15) is 5.76 Å². The van der Waals surface area contributed by atoms with Crippen LogP contribution in [0, 0.1) is 20.2 Å². The summed E-state index contributed by atoms with van der Waals surface area (Å²) in [5, 5.41) is 25.7. The molecular weight excluding hydrogens is 420 g/mol. The Morgan fingerprint density at radius 2 is 1.85 bits per heavy atom. The number of nitro benzene ring substituents is 2. The number of rotatable bonds is 6. The van der Waals surface area contributed by atoms with Gasteiger partial charge in [0.25, 0.3) is 5.69 Å². The van der Waals surface area contributed by atoms with Crippen molar-refractivity contribution in [2.24, 2.45) is 5.10 Å². The highest BCUT2D eigenvalue weighted by atomic mass is 79.9. The second-order valence-electron chi connectivity index (χ2n) is 5.30. The van der Waals surface area contributed by atoms with Gasteiger partial charge in [0.2, 0.25) is 0 Å². The predicted octanol–water partition coefficient (Wildman–Crippen LogP) is 4.97. The minimum absolute atomic E-state index is 0.0284. The Balaban J connectivity index is 1.76. The fourth-order valence-corrected chi connectivity index (χ4v) is 2.66. The fourth-order valence-electron chi connectivity index (χ4n) is 2.26. The number of nitro groups is 2. The fraction of sp³-hybridized carbons (Fsp3) is 0. The van der Waals surface area contributed by atoms with Gasteiger partial charge < -0.3 is 4.42 Å². The van der Waals surface area contributed by atoms with Gasteiger partial charge in [-0.25, -0.2) is 0 Å². The van der Waals surface area contributed by atoms with Crippen molar-refractivity contribution in [1.82, 2.24) is 0 Å². The van der Waals surface area contributed by atoms with Crippen LogP contribution in [-0.4, -0.2) is 16.1 Å². The summed E-state index contributed by atoms with van der Waals surface area (Å²) in [6, 6.07) is 14.3. The molecule has 1 N–H and O–H groups in total. The lowest BCUT2D eigenvalue weighted by Crippen LogP contribution is -1.98. The zero-order valence-corrected chi connectivity index (χ0v) is 15.1. The van der Waals surface area contributed by atoms with Crippen LogP contribution in [-0.2, 0) is 0 Å². The number of furan rings is 1. The molecular formula is C17H11BrN4O5. The Morgan fingerprint density at radius 3 is 2.56 bits per heavy atom. The Hall–Kier alpha value is -3.53. The van der Waals surface area contributed by atoms with Gasteiger partial charge in [-0.05, 0) is 30.3 Å². The second kappa shape index (κ2) is 7.79. The summed E-state index contributed by atoms with van der Waals surface area (Å²) in [5.74, 6) is 1.07. The summed E-state index contributed by atoms with van der Waals surface area (Å²) < 4.78 is 6.57. The van der Waals surface area contributed by atoms with Gasteiger partial charge in [-0.2, -0.15) is 5.10 Å². The zero-order valence-electron chi connectivity index (χ0n) is 13.5. The summed E-state index contributed by atoms with van der Waals surface area (Å²) in [6.07, 6.45) is 1.35. The first kappa shape index (κ1) is 18.3. The molecule has 0 amide bonds. The van der Waals surface area contributed by atoms with E-state index in [4.69, 9.17) is 4.42 Å². The van der Waals surface area contributed by atoms with Crippen molar-refractivity contribution in [3.63, 3.8) is 0 Å². The van der Waals surface area contributed by atoms with Crippen molar-refractivity contribution in [2.45, 2.75) is 0 Å². The molecule has 3 rings (SSSR count). The van der Waals surface area contributed by atoms with E-state index in [0.29, 0.717) is 11.5 Å². The quantitative estimate of drug-likeness (QED) is 0.334. The standard InChI is InChI=1S/C17H11BrN4O5/c18-12-3-1-2-11(8-12)17-7-5-14(27-17)10-19-20-15-6-4-13(21(23)24)9-16(15)22(25)26/h1-10,20H. The third-order valence-electron chi connectivity index (χ3n) is 3.50. The Kier molecular flexibility index (Phi) is 5.27. The lowest BCUT2D eigenvalue weighted by molar-refractivity contribution is -0.393. The van der Waals surface area contributed by atoms with E-state index in [2.05, 4.69) is 26.5 Å². The maximum absolute atomic E-state index is 11.1. The maximum Gasteiger partial charge on any atom is 0.301 e. The van der Waals surface area contributed by atoms with Gasteiger partial charge >= 0.3 is 5.69 Å². The highest BCUT2D eigenvalue weighted by Crippen LogP contribution is 2.29. The topological polar surface area (TPSA) is 124 Å². The predicted molar refractivity (Wildman–Crippen MR) is 103 cm³/mol. The molecule has 2 aromatic carbocycles. The molecule has 0 saturated carbocycles. The monoisotopic (exact) mass is 430 g/mol. The number of non-ortho nitro benzene ring substituents is 1. The number of anilines is 1. The molecule has 1 aromatic heterocycles. The summed E-state index contributed by atoms with van der Waals surface area (Å²) in [4.78, 5) is 20.4. The van der Waals surface area contributed by atoms with E-state index in [-0.39, 0.29) is 11.4 Å². The second-order valence-corrected chi connectivity index (χ2v) is 6.21. The molecule has 9 nitrogen and oxygen atoms in total. The Labute approximate surface area is 160 Å². The van der Waals surface area contributed by atoms with E-state index >= 15 is 0 Å². The minimum Gasteiger partial charge on any atom is -0.455 e. The molecule has 0 fully saturated rings. The van der Waals surface area contributed by atoms with E-state index in [1.807, 2.05) is 24.3 Å². The minimum atomic E-state index is -0.719. The summed E-state index contributed by atoms with van der Waals surface area (Å²) >= 11 is 3.39. The molecule has 0 aliphatic rings. The SMILES string of the molecule is O=[N+]([O-])c1ccc(NN=Cc2ccc(-c3cccc(Br)c3)o2)c([N+](=O)[O-])c1. The number of halogens is 1. The first-order chi connectivity index (χ1) is 12.9. The number of nitrogens with one attached hydrogen (secondary N) is 1. The van der Waals surface area contributed by atoms with Crippen LogP contribution in [0.4, 0.5) is 17.1 Å². The van der Waals surface area contributed by atoms with Crippen molar-refractivity contribution in [3.8, 4) is 11.3 Å². The molecule has 136 valence electrons. The molecule has 0 radical (unpaired) electrons. The first-order valence-corrected chi connectivity index (χ1v) is 8.31. The number of hydrogen-bond donors (Lipinski definition) is 1. The molecule has 0 atom stereocenters.